The molecule has 4 aliphatic rings. The fraction of sp³-hybridized carbons (Fsp3) is 0.463. The van der Waals surface area contributed by atoms with Crippen LogP contribution >= 0.6 is 0 Å². The summed E-state index contributed by atoms with van der Waals surface area (Å²) >= 11 is 0. The van der Waals surface area contributed by atoms with E-state index in [0.717, 1.165) is 49.2 Å². The summed E-state index contributed by atoms with van der Waals surface area (Å²) in [7, 11) is 0. The standard InChI is InChI=1S/C41H46N2O4/c1-27(2)26-43(37(45)17-16-32-15-14-28(3)29(4)24-32)34-18-20-41(47-30(5)44)36-25-33-12-9-13-35-38(33)40(41,39(34)46-35)21-23-42(36)22-19-31-10-7-6-8-11-31/h6-15,24,27,34,36,39H,18-23,25-26H2,1-5H3/t34-,36+,39-,40-,41+/m0/s1. The van der Waals surface area contributed by atoms with Gasteiger partial charge >= 0.3 is 5.97 Å². The largest absolute Gasteiger partial charge is 0.487 e. The summed E-state index contributed by atoms with van der Waals surface area (Å²) < 4.78 is 13.7. The molecular weight excluding hydrogens is 584 g/mol. The molecule has 2 fully saturated rings. The van der Waals surface area contributed by atoms with Crippen LogP contribution in [-0.2, 0) is 32.6 Å². The number of ether oxygens (including phenoxy) is 2. The lowest BCUT2D eigenvalue weighted by atomic mass is 9.48. The molecule has 47 heavy (non-hydrogen) atoms. The van der Waals surface area contributed by atoms with Gasteiger partial charge in [0.1, 0.15) is 17.5 Å². The van der Waals surface area contributed by atoms with Gasteiger partial charge in [-0.1, -0.05) is 68.3 Å². The number of carbonyl (C=O) groups excluding carboxylic acids is 2. The van der Waals surface area contributed by atoms with E-state index in [1.807, 2.05) is 17.0 Å². The number of aryl methyl sites for hydroxylation is 2. The molecule has 1 amide bonds. The van der Waals surface area contributed by atoms with Gasteiger partial charge in [0.2, 0.25) is 0 Å². The van der Waals surface area contributed by atoms with E-state index >= 15 is 0 Å². The van der Waals surface area contributed by atoms with E-state index in [0.29, 0.717) is 19.4 Å². The first-order chi connectivity index (χ1) is 22.6. The summed E-state index contributed by atoms with van der Waals surface area (Å²) in [6.45, 7) is 12.3. The minimum absolute atomic E-state index is 0.0237. The number of benzene rings is 3. The first kappa shape index (κ1) is 31.5. The summed E-state index contributed by atoms with van der Waals surface area (Å²) in [6, 6.07) is 22.9. The topological polar surface area (TPSA) is 59.1 Å². The fourth-order valence-electron chi connectivity index (χ4n) is 9.29. The molecule has 1 saturated carbocycles. The average Bonchev–Trinajstić information content (AvgIpc) is 3.39. The van der Waals surface area contributed by atoms with Crippen LogP contribution < -0.4 is 4.74 Å². The zero-order valence-corrected chi connectivity index (χ0v) is 28.3. The van der Waals surface area contributed by atoms with Gasteiger partial charge in [0.25, 0.3) is 5.91 Å². The van der Waals surface area contributed by atoms with E-state index in [1.54, 1.807) is 6.92 Å². The van der Waals surface area contributed by atoms with Gasteiger partial charge in [-0.15, -0.1) is 0 Å². The fourth-order valence-corrected chi connectivity index (χ4v) is 9.29. The Kier molecular flexibility index (Phi) is 8.17. The van der Waals surface area contributed by atoms with Gasteiger partial charge in [-0.3, -0.25) is 14.5 Å². The Morgan fingerprint density at radius 2 is 1.85 bits per heavy atom. The average molecular weight is 631 g/mol. The van der Waals surface area contributed by atoms with Crippen molar-refractivity contribution in [3.8, 4) is 17.6 Å². The maximum absolute atomic E-state index is 14.1. The highest BCUT2D eigenvalue weighted by Gasteiger charge is 2.75. The molecule has 3 aromatic carbocycles. The normalized spacial score (nSPS) is 26.9. The first-order valence-corrected chi connectivity index (χ1v) is 17.3. The van der Waals surface area contributed by atoms with Crippen molar-refractivity contribution in [2.75, 3.05) is 19.6 Å². The molecule has 1 spiro atoms. The monoisotopic (exact) mass is 630 g/mol. The second-order valence-corrected chi connectivity index (χ2v) is 14.5. The molecule has 2 aliphatic heterocycles. The van der Waals surface area contributed by atoms with Crippen molar-refractivity contribution < 1.29 is 19.1 Å². The van der Waals surface area contributed by atoms with Crippen LogP contribution in [0.2, 0.25) is 0 Å². The Morgan fingerprint density at radius 1 is 1.04 bits per heavy atom. The molecule has 6 heteroatoms. The Bertz CT molecular complexity index is 1760. The maximum atomic E-state index is 14.1. The van der Waals surface area contributed by atoms with Crippen molar-refractivity contribution in [2.45, 2.75) is 95.9 Å². The van der Waals surface area contributed by atoms with Crippen LogP contribution in [-0.4, -0.2) is 65.1 Å². The highest BCUT2D eigenvalue weighted by molar-refractivity contribution is 5.94. The maximum Gasteiger partial charge on any atom is 0.303 e. The molecule has 1 saturated heterocycles. The van der Waals surface area contributed by atoms with Crippen molar-refractivity contribution >= 4 is 11.9 Å². The highest BCUT2D eigenvalue weighted by atomic mass is 16.6. The Balaban J connectivity index is 1.28. The molecule has 244 valence electrons. The van der Waals surface area contributed by atoms with Crippen LogP contribution in [0.15, 0.2) is 66.7 Å². The van der Waals surface area contributed by atoms with Crippen LogP contribution in [0.1, 0.15) is 73.4 Å². The van der Waals surface area contributed by atoms with Crippen LogP contribution in [0.4, 0.5) is 0 Å². The highest BCUT2D eigenvalue weighted by Crippen LogP contribution is 2.65. The third kappa shape index (κ3) is 5.24. The van der Waals surface area contributed by atoms with Gasteiger partial charge in [-0.05, 0) is 98.9 Å². The van der Waals surface area contributed by atoms with Gasteiger partial charge in [-0.25, -0.2) is 0 Å². The van der Waals surface area contributed by atoms with Crippen LogP contribution in [0.25, 0.3) is 0 Å². The minimum atomic E-state index is -0.744. The molecule has 5 atom stereocenters. The molecule has 2 heterocycles. The SMILES string of the molecule is CC(=O)O[C@@]12CC[C@H](N(CC(C)C)C(=O)C#Cc3ccc(C)c(C)c3)[C@@H]3Oc4cccc5c4[C@@]31CCN(CCc1ccccc1)[C@@H]2C5. The summed E-state index contributed by atoms with van der Waals surface area (Å²) in [5, 5.41) is 0. The summed E-state index contributed by atoms with van der Waals surface area (Å²) in [4.78, 5) is 31.8. The summed E-state index contributed by atoms with van der Waals surface area (Å²) in [6.07, 6.45) is 3.56. The molecule has 6 nitrogen and oxygen atoms in total. The molecule has 0 aromatic heterocycles. The molecule has 3 aromatic rings. The quantitative estimate of drug-likeness (QED) is 0.231. The van der Waals surface area contributed by atoms with Crippen LogP contribution in [0.3, 0.4) is 0 Å². The van der Waals surface area contributed by atoms with Gasteiger partial charge in [0.05, 0.1) is 17.5 Å². The predicted octanol–water partition coefficient (Wildman–Crippen LogP) is 6.18. The smallest absolute Gasteiger partial charge is 0.303 e. The number of rotatable bonds is 7. The number of likely N-dealkylation sites (tertiary alicyclic amines) is 1. The number of hydrogen-bond donors (Lipinski definition) is 0. The molecule has 0 unspecified atom stereocenters. The van der Waals surface area contributed by atoms with Crippen molar-refractivity contribution in [2.24, 2.45) is 5.92 Å². The van der Waals surface area contributed by atoms with Crippen molar-refractivity contribution in [1.29, 1.82) is 0 Å². The first-order valence-electron chi connectivity index (χ1n) is 17.3. The second kappa shape index (κ2) is 12.2. The Labute approximate surface area is 279 Å². The number of nitrogens with zero attached hydrogens (tertiary/aromatic N) is 2. The number of amides is 1. The van der Waals surface area contributed by atoms with Gasteiger partial charge in [0.15, 0.2) is 0 Å². The van der Waals surface area contributed by atoms with E-state index in [1.165, 1.54) is 22.3 Å². The van der Waals surface area contributed by atoms with E-state index in [2.05, 4.69) is 99.0 Å². The lowest BCUT2D eigenvalue weighted by Gasteiger charge is -2.65. The number of carbonyl (C=O) groups is 2. The molecule has 2 aliphatic carbocycles. The summed E-state index contributed by atoms with van der Waals surface area (Å²) in [5.74, 6) is 6.87. The third-order valence-electron chi connectivity index (χ3n) is 11.3. The van der Waals surface area contributed by atoms with E-state index in [4.69, 9.17) is 9.47 Å². The molecule has 0 N–H and O–H groups in total. The Hall–Kier alpha value is -4.08. The third-order valence-corrected chi connectivity index (χ3v) is 11.3. The lowest BCUT2D eigenvalue weighted by molar-refractivity contribution is -0.224. The van der Waals surface area contributed by atoms with E-state index < -0.39 is 11.0 Å². The van der Waals surface area contributed by atoms with Crippen molar-refractivity contribution in [3.05, 3.63) is 100 Å². The van der Waals surface area contributed by atoms with E-state index in [9.17, 15) is 9.59 Å². The molecule has 2 bridgehead atoms. The lowest BCUT2D eigenvalue weighted by Crippen LogP contribution is -2.79. The molecule has 0 radical (unpaired) electrons. The van der Waals surface area contributed by atoms with Crippen molar-refractivity contribution in [1.82, 2.24) is 9.80 Å². The molecule has 7 rings (SSSR count). The predicted molar refractivity (Wildman–Crippen MR) is 183 cm³/mol. The van der Waals surface area contributed by atoms with Crippen LogP contribution in [0, 0.1) is 31.6 Å². The second-order valence-electron chi connectivity index (χ2n) is 14.5. The minimum Gasteiger partial charge on any atom is -0.487 e. The molecular formula is C41H46N2O4. The summed E-state index contributed by atoms with van der Waals surface area (Å²) in [5.41, 5.74) is 5.70. The van der Waals surface area contributed by atoms with Crippen molar-refractivity contribution in [3.63, 3.8) is 0 Å². The number of piperidine rings is 1. The Morgan fingerprint density at radius 3 is 2.60 bits per heavy atom. The zero-order valence-electron chi connectivity index (χ0n) is 28.3. The van der Waals surface area contributed by atoms with Crippen LogP contribution in [0.5, 0.6) is 5.75 Å². The number of hydrogen-bond acceptors (Lipinski definition) is 5. The van der Waals surface area contributed by atoms with Gasteiger partial charge in [0, 0.05) is 37.1 Å². The van der Waals surface area contributed by atoms with Gasteiger partial charge in [-0.2, -0.15) is 0 Å². The van der Waals surface area contributed by atoms with Gasteiger partial charge < -0.3 is 14.4 Å². The number of esters is 1. The van der Waals surface area contributed by atoms with E-state index in [-0.39, 0.29) is 36.0 Å². The zero-order chi connectivity index (χ0) is 32.9.